The highest BCUT2D eigenvalue weighted by Gasteiger charge is 2.37. The molecule has 0 aliphatic rings. The smallest absolute Gasteiger partial charge is 0.329 e. The van der Waals surface area contributed by atoms with Crippen LogP contribution in [-0.4, -0.2) is 65.7 Å². The number of ether oxygens (including phenoxy) is 1. The van der Waals surface area contributed by atoms with Gasteiger partial charge in [0.05, 0.1) is 7.11 Å². The average molecular weight is 260 g/mol. The van der Waals surface area contributed by atoms with Crippen molar-refractivity contribution >= 4 is 18.0 Å². The van der Waals surface area contributed by atoms with Gasteiger partial charge in [0.15, 0.2) is 0 Å². The summed E-state index contributed by atoms with van der Waals surface area (Å²) < 4.78 is 4.48. The number of hydrogen-bond acceptors (Lipinski definition) is 4. The van der Waals surface area contributed by atoms with Crippen LogP contribution in [0.1, 0.15) is 20.8 Å². The summed E-state index contributed by atoms with van der Waals surface area (Å²) in [5, 5.41) is 9.04. The third kappa shape index (κ3) is 3.61. The monoisotopic (exact) mass is 260 g/mol. The molecular formula is C11H20N2O5. The van der Waals surface area contributed by atoms with Crippen molar-refractivity contribution in [1.29, 1.82) is 0 Å². The van der Waals surface area contributed by atoms with E-state index in [1.807, 2.05) is 0 Å². The highest BCUT2D eigenvalue weighted by Crippen LogP contribution is 2.14. The van der Waals surface area contributed by atoms with Gasteiger partial charge in [-0.05, 0) is 20.8 Å². The molecule has 0 unspecified atom stereocenters. The molecule has 7 heteroatoms. The molecule has 0 saturated heterocycles. The molecule has 0 aliphatic heterocycles. The van der Waals surface area contributed by atoms with E-state index in [1.54, 1.807) is 6.92 Å². The van der Waals surface area contributed by atoms with Crippen molar-refractivity contribution in [2.75, 3.05) is 27.2 Å². The van der Waals surface area contributed by atoms with Gasteiger partial charge in [-0.2, -0.15) is 0 Å². The Morgan fingerprint density at radius 1 is 1.28 bits per heavy atom. The molecule has 0 fully saturated rings. The molecule has 2 amide bonds. The number of likely N-dealkylation sites (N-methyl/N-ethyl adjacent to an activating group) is 2. The Bertz CT molecular complexity index is 340. The van der Waals surface area contributed by atoms with Crippen molar-refractivity contribution in [2.45, 2.75) is 26.3 Å². The summed E-state index contributed by atoms with van der Waals surface area (Å²) >= 11 is 0. The summed E-state index contributed by atoms with van der Waals surface area (Å²) in [4.78, 5) is 36.6. The highest BCUT2D eigenvalue weighted by molar-refractivity contribution is 5.87. The lowest BCUT2D eigenvalue weighted by atomic mass is 10.0. The van der Waals surface area contributed by atoms with Gasteiger partial charge in [-0.25, -0.2) is 9.59 Å². The van der Waals surface area contributed by atoms with Crippen LogP contribution in [0.4, 0.5) is 4.79 Å². The van der Waals surface area contributed by atoms with Crippen molar-refractivity contribution in [3.63, 3.8) is 0 Å². The van der Waals surface area contributed by atoms with E-state index in [0.717, 1.165) is 4.90 Å². The number of amides is 2. The molecule has 0 bridgehead atoms. The van der Waals surface area contributed by atoms with Gasteiger partial charge in [0, 0.05) is 13.6 Å². The Kier molecular flexibility index (Phi) is 5.61. The van der Waals surface area contributed by atoms with Crippen LogP contribution in [0.3, 0.4) is 0 Å². The van der Waals surface area contributed by atoms with E-state index in [9.17, 15) is 14.4 Å². The van der Waals surface area contributed by atoms with E-state index < -0.39 is 23.5 Å². The van der Waals surface area contributed by atoms with Crippen LogP contribution in [0.5, 0.6) is 0 Å². The molecule has 0 aromatic heterocycles. The van der Waals surface area contributed by atoms with Gasteiger partial charge in [-0.1, -0.05) is 0 Å². The second-order valence-corrected chi connectivity index (χ2v) is 4.30. The topological polar surface area (TPSA) is 87.2 Å². The summed E-state index contributed by atoms with van der Waals surface area (Å²) in [6, 6.07) is -0.532. The van der Waals surface area contributed by atoms with Gasteiger partial charge in [-0.15, -0.1) is 0 Å². The highest BCUT2D eigenvalue weighted by atomic mass is 16.5. The van der Waals surface area contributed by atoms with Crippen molar-refractivity contribution in [2.24, 2.45) is 0 Å². The van der Waals surface area contributed by atoms with Crippen LogP contribution >= 0.6 is 0 Å². The van der Waals surface area contributed by atoms with E-state index in [1.165, 1.54) is 32.9 Å². The van der Waals surface area contributed by atoms with Crippen molar-refractivity contribution in [3.05, 3.63) is 0 Å². The molecule has 104 valence electrons. The molecule has 0 aromatic rings. The molecule has 0 heterocycles. The zero-order valence-electron chi connectivity index (χ0n) is 11.4. The molecule has 0 atom stereocenters. The summed E-state index contributed by atoms with van der Waals surface area (Å²) in [7, 11) is 2.61. The number of carbonyl (C=O) groups excluding carboxylic acids is 2. The number of carboxylic acid groups (broad SMARTS) is 1. The number of urea groups is 1. The summed E-state index contributed by atoms with van der Waals surface area (Å²) in [6.07, 6.45) is 0. The first kappa shape index (κ1) is 16.2. The minimum atomic E-state index is -1.35. The lowest BCUT2D eigenvalue weighted by molar-refractivity contribution is -0.147. The van der Waals surface area contributed by atoms with E-state index in [-0.39, 0.29) is 13.1 Å². The Hall–Kier alpha value is -1.79. The van der Waals surface area contributed by atoms with Gasteiger partial charge < -0.3 is 19.6 Å². The van der Waals surface area contributed by atoms with Gasteiger partial charge in [0.25, 0.3) is 0 Å². The van der Waals surface area contributed by atoms with E-state index >= 15 is 0 Å². The summed E-state index contributed by atoms with van der Waals surface area (Å²) in [5.74, 6) is -1.67. The molecular weight excluding hydrogens is 240 g/mol. The maximum absolute atomic E-state index is 12.1. The zero-order valence-corrected chi connectivity index (χ0v) is 11.4. The molecule has 1 N–H and O–H groups in total. The maximum Gasteiger partial charge on any atom is 0.329 e. The zero-order chi connectivity index (χ0) is 14.5. The minimum Gasteiger partial charge on any atom is -0.480 e. The fourth-order valence-corrected chi connectivity index (χ4v) is 1.13. The summed E-state index contributed by atoms with van der Waals surface area (Å²) in [6.45, 7) is 4.61. The fourth-order valence-electron chi connectivity index (χ4n) is 1.13. The maximum atomic E-state index is 12.1. The Morgan fingerprint density at radius 3 is 2.11 bits per heavy atom. The third-order valence-corrected chi connectivity index (χ3v) is 2.85. The van der Waals surface area contributed by atoms with Crippen LogP contribution in [0.25, 0.3) is 0 Å². The molecule has 0 aliphatic carbocycles. The predicted octanol–water partition coefficient (Wildman–Crippen LogP) is 0.396. The number of methoxy groups -OCH3 is 1. The van der Waals surface area contributed by atoms with Gasteiger partial charge in [0.1, 0.15) is 12.1 Å². The van der Waals surface area contributed by atoms with E-state index in [0.29, 0.717) is 0 Å². The second kappa shape index (κ2) is 6.23. The largest absolute Gasteiger partial charge is 0.480 e. The molecule has 0 aromatic carbocycles. The average Bonchev–Trinajstić information content (AvgIpc) is 2.33. The fraction of sp³-hybridized carbons (Fsp3) is 0.727. The first-order valence-corrected chi connectivity index (χ1v) is 5.51. The minimum absolute atomic E-state index is 0.203. The number of rotatable bonds is 5. The van der Waals surface area contributed by atoms with Crippen LogP contribution < -0.4 is 0 Å². The first-order valence-electron chi connectivity index (χ1n) is 5.51. The Labute approximate surface area is 106 Å². The third-order valence-electron chi connectivity index (χ3n) is 2.85. The van der Waals surface area contributed by atoms with Crippen molar-refractivity contribution in [1.82, 2.24) is 9.80 Å². The van der Waals surface area contributed by atoms with Crippen LogP contribution in [0, 0.1) is 0 Å². The number of esters is 1. The molecule has 0 radical (unpaired) electrons. The normalized spacial score (nSPS) is 10.7. The number of carboxylic acids is 1. The number of carbonyl (C=O) groups is 3. The van der Waals surface area contributed by atoms with Crippen molar-refractivity contribution in [3.8, 4) is 0 Å². The van der Waals surface area contributed by atoms with Crippen LogP contribution in [0.15, 0.2) is 0 Å². The number of nitrogens with zero attached hydrogens (tertiary/aromatic N) is 2. The van der Waals surface area contributed by atoms with Crippen LogP contribution in [0.2, 0.25) is 0 Å². The second-order valence-electron chi connectivity index (χ2n) is 4.30. The van der Waals surface area contributed by atoms with Crippen molar-refractivity contribution < 1.29 is 24.2 Å². The number of hydrogen-bond donors (Lipinski definition) is 1. The standard InChI is InChI=1S/C11H20N2O5/c1-6-13(7-8(14)18-5)10(17)12(4)11(2,3)9(15)16/h6-7H2,1-5H3,(H,15,16). The molecule has 7 nitrogen and oxygen atoms in total. The van der Waals surface area contributed by atoms with Gasteiger partial charge in [-0.3, -0.25) is 4.79 Å². The molecule has 0 saturated carbocycles. The number of aliphatic carboxylic acids is 1. The predicted molar refractivity (Wildman–Crippen MR) is 64.1 cm³/mol. The first-order chi connectivity index (χ1) is 8.18. The summed E-state index contributed by atoms with van der Waals surface area (Å²) in [5.41, 5.74) is -1.35. The van der Waals surface area contributed by atoms with E-state index in [4.69, 9.17) is 5.11 Å². The quantitative estimate of drug-likeness (QED) is 0.723. The SMILES string of the molecule is CCN(CC(=O)OC)C(=O)N(C)C(C)(C)C(=O)O. The Morgan fingerprint density at radius 2 is 1.78 bits per heavy atom. The molecule has 0 spiro atoms. The van der Waals surface area contributed by atoms with Gasteiger partial charge >= 0.3 is 18.0 Å². The van der Waals surface area contributed by atoms with Crippen LogP contribution in [-0.2, 0) is 14.3 Å². The Balaban J connectivity index is 4.89. The lowest BCUT2D eigenvalue weighted by Crippen LogP contribution is -2.55. The van der Waals surface area contributed by atoms with Gasteiger partial charge in [0.2, 0.25) is 0 Å². The lowest BCUT2D eigenvalue weighted by Gasteiger charge is -2.35. The molecule has 0 rings (SSSR count). The van der Waals surface area contributed by atoms with E-state index in [2.05, 4.69) is 4.74 Å². The molecule has 18 heavy (non-hydrogen) atoms.